The van der Waals surface area contributed by atoms with Crippen LogP contribution in [0.5, 0.6) is 0 Å². The molecule has 0 saturated carbocycles. The molecule has 0 fully saturated rings. The van der Waals surface area contributed by atoms with Gasteiger partial charge in [0.05, 0.1) is 12.1 Å². The van der Waals surface area contributed by atoms with Crippen LogP contribution < -0.4 is 16.8 Å². The summed E-state index contributed by atoms with van der Waals surface area (Å²) >= 11 is 0. The van der Waals surface area contributed by atoms with Gasteiger partial charge in [-0.05, 0) is 12.0 Å². The maximum atomic E-state index is 6.05. The molecule has 92 valence electrons. The van der Waals surface area contributed by atoms with E-state index in [9.17, 15) is 0 Å². The highest BCUT2D eigenvalue weighted by Crippen LogP contribution is 2.18. The molecule has 6 heteroatoms. The Hall–Kier alpha value is -1.82. The van der Waals surface area contributed by atoms with Crippen LogP contribution in [0, 0.1) is 0 Å². The molecule has 0 saturated heterocycles. The Labute approximate surface area is 99.7 Å². The predicted molar refractivity (Wildman–Crippen MR) is 65.1 cm³/mol. The molecule has 0 bridgehead atoms. The third kappa shape index (κ3) is 2.65. The topological polar surface area (TPSA) is 102 Å². The lowest BCUT2D eigenvalue weighted by atomic mass is 10.1. The standard InChI is InChI=1S/C11H17N5O/c1-7(2)9-5-8(17-16-9)6-11(13)14-4-3-10(12)15-11/h3-5,7,14H,6,13H2,1-2H3,(H2,12,15). The molecule has 1 aromatic heterocycles. The quantitative estimate of drug-likeness (QED) is 0.705. The van der Waals surface area contributed by atoms with Gasteiger partial charge >= 0.3 is 0 Å². The van der Waals surface area contributed by atoms with E-state index in [0.29, 0.717) is 23.9 Å². The normalized spacial score (nSPS) is 23.6. The van der Waals surface area contributed by atoms with Gasteiger partial charge < -0.3 is 15.6 Å². The first kappa shape index (κ1) is 11.7. The molecule has 1 aromatic rings. The van der Waals surface area contributed by atoms with Gasteiger partial charge in [-0.1, -0.05) is 19.0 Å². The highest BCUT2D eigenvalue weighted by atomic mass is 16.5. The second-order valence-corrected chi connectivity index (χ2v) is 4.49. The van der Waals surface area contributed by atoms with Gasteiger partial charge in [0.2, 0.25) is 0 Å². The summed E-state index contributed by atoms with van der Waals surface area (Å²) < 4.78 is 5.22. The molecule has 0 aliphatic carbocycles. The third-order valence-electron chi connectivity index (χ3n) is 2.53. The molecule has 5 N–H and O–H groups in total. The van der Waals surface area contributed by atoms with Gasteiger partial charge in [-0.3, -0.25) is 5.73 Å². The van der Waals surface area contributed by atoms with Crippen LogP contribution in [0.2, 0.25) is 0 Å². The number of nitrogens with one attached hydrogen (secondary N) is 1. The van der Waals surface area contributed by atoms with E-state index in [4.69, 9.17) is 16.0 Å². The summed E-state index contributed by atoms with van der Waals surface area (Å²) in [5, 5.41) is 6.93. The first-order valence-electron chi connectivity index (χ1n) is 5.52. The SMILES string of the molecule is CC(C)c1cc(CC2(N)N=C(N)C=CN2)on1. The maximum absolute atomic E-state index is 6.05. The van der Waals surface area contributed by atoms with Crippen molar-refractivity contribution in [2.45, 2.75) is 32.0 Å². The zero-order valence-corrected chi connectivity index (χ0v) is 9.97. The number of nitrogens with two attached hydrogens (primary N) is 2. The fourth-order valence-corrected chi connectivity index (χ4v) is 1.61. The van der Waals surface area contributed by atoms with E-state index < -0.39 is 5.79 Å². The smallest absolute Gasteiger partial charge is 0.191 e. The Kier molecular flexibility index (Phi) is 2.89. The molecular formula is C11H17N5O. The van der Waals surface area contributed by atoms with E-state index in [1.165, 1.54) is 0 Å². The summed E-state index contributed by atoms with van der Waals surface area (Å²) in [6.07, 6.45) is 3.74. The molecule has 1 unspecified atom stereocenters. The van der Waals surface area contributed by atoms with Crippen LogP contribution in [0.4, 0.5) is 0 Å². The Balaban J connectivity index is 2.12. The average Bonchev–Trinajstić information content (AvgIpc) is 2.64. The number of amidine groups is 1. The van der Waals surface area contributed by atoms with E-state index in [0.717, 1.165) is 5.69 Å². The van der Waals surface area contributed by atoms with E-state index in [1.54, 1.807) is 12.3 Å². The number of hydrogen-bond donors (Lipinski definition) is 3. The largest absolute Gasteiger partial charge is 0.384 e. The van der Waals surface area contributed by atoms with E-state index in [2.05, 4.69) is 29.3 Å². The molecule has 1 aliphatic heterocycles. The summed E-state index contributed by atoms with van der Waals surface area (Å²) in [4.78, 5) is 4.15. The Morgan fingerprint density at radius 2 is 2.29 bits per heavy atom. The molecule has 0 radical (unpaired) electrons. The van der Waals surface area contributed by atoms with Crippen molar-refractivity contribution in [2.75, 3.05) is 0 Å². The number of nitrogens with zero attached hydrogens (tertiary/aromatic N) is 2. The lowest BCUT2D eigenvalue weighted by Gasteiger charge is -2.27. The third-order valence-corrected chi connectivity index (χ3v) is 2.53. The van der Waals surface area contributed by atoms with Gasteiger partial charge in [-0.15, -0.1) is 0 Å². The Bertz CT molecular complexity index is 462. The van der Waals surface area contributed by atoms with Crippen molar-refractivity contribution in [3.05, 3.63) is 29.8 Å². The average molecular weight is 235 g/mol. The lowest BCUT2D eigenvalue weighted by Crippen LogP contribution is -2.54. The Morgan fingerprint density at radius 1 is 1.53 bits per heavy atom. The molecule has 1 aliphatic rings. The minimum atomic E-state index is -0.952. The summed E-state index contributed by atoms with van der Waals surface area (Å²) in [6, 6.07) is 1.89. The van der Waals surface area contributed by atoms with Gasteiger partial charge in [0.25, 0.3) is 0 Å². The fraction of sp³-hybridized carbons (Fsp3) is 0.455. The molecule has 0 spiro atoms. The fourth-order valence-electron chi connectivity index (χ4n) is 1.61. The van der Waals surface area contributed by atoms with Crippen LogP contribution in [0.1, 0.15) is 31.2 Å². The van der Waals surface area contributed by atoms with Crippen molar-refractivity contribution in [1.29, 1.82) is 0 Å². The summed E-state index contributed by atoms with van der Waals surface area (Å²) in [5.41, 5.74) is 12.6. The zero-order chi connectivity index (χ0) is 12.5. The lowest BCUT2D eigenvalue weighted by molar-refractivity contribution is 0.315. The van der Waals surface area contributed by atoms with Crippen molar-refractivity contribution < 1.29 is 4.52 Å². The zero-order valence-electron chi connectivity index (χ0n) is 9.97. The van der Waals surface area contributed by atoms with Crippen LogP contribution in [-0.2, 0) is 6.42 Å². The van der Waals surface area contributed by atoms with E-state index in [-0.39, 0.29) is 0 Å². The number of rotatable bonds is 3. The first-order chi connectivity index (χ1) is 7.98. The number of aromatic nitrogens is 1. The van der Waals surface area contributed by atoms with Gasteiger partial charge in [0, 0.05) is 12.3 Å². The van der Waals surface area contributed by atoms with Crippen LogP contribution in [-0.4, -0.2) is 16.8 Å². The van der Waals surface area contributed by atoms with Crippen LogP contribution in [0.15, 0.2) is 27.9 Å². The van der Waals surface area contributed by atoms with Crippen LogP contribution in [0.3, 0.4) is 0 Å². The maximum Gasteiger partial charge on any atom is 0.191 e. The van der Waals surface area contributed by atoms with Gasteiger partial charge in [0.15, 0.2) is 5.79 Å². The second kappa shape index (κ2) is 4.21. The molecule has 2 heterocycles. The molecule has 17 heavy (non-hydrogen) atoms. The van der Waals surface area contributed by atoms with Gasteiger partial charge in [-0.25, -0.2) is 4.99 Å². The van der Waals surface area contributed by atoms with Crippen molar-refractivity contribution in [3.8, 4) is 0 Å². The molecular weight excluding hydrogens is 218 g/mol. The van der Waals surface area contributed by atoms with Crippen molar-refractivity contribution in [2.24, 2.45) is 16.5 Å². The highest BCUT2D eigenvalue weighted by molar-refractivity contribution is 5.92. The van der Waals surface area contributed by atoms with Crippen molar-refractivity contribution >= 4 is 5.84 Å². The second-order valence-electron chi connectivity index (χ2n) is 4.49. The summed E-state index contributed by atoms with van der Waals surface area (Å²) in [5.74, 6) is 0.464. The van der Waals surface area contributed by atoms with Gasteiger partial charge in [0.1, 0.15) is 11.6 Å². The number of aliphatic imine (C=N–C) groups is 1. The first-order valence-corrected chi connectivity index (χ1v) is 5.52. The molecule has 6 nitrogen and oxygen atoms in total. The molecule has 2 rings (SSSR count). The van der Waals surface area contributed by atoms with E-state index >= 15 is 0 Å². The van der Waals surface area contributed by atoms with Crippen molar-refractivity contribution in [3.63, 3.8) is 0 Å². The monoisotopic (exact) mass is 235 g/mol. The summed E-state index contributed by atoms with van der Waals surface area (Å²) in [7, 11) is 0. The minimum absolute atomic E-state index is 0.328. The molecule has 0 aromatic carbocycles. The highest BCUT2D eigenvalue weighted by Gasteiger charge is 2.27. The molecule has 1 atom stereocenters. The van der Waals surface area contributed by atoms with Gasteiger partial charge in [-0.2, -0.15) is 0 Å². The minimum Gasteiger partial charge on any atom is -0.384 e. The van der Waals surface area contributed by atoms with Crippen LogP contribution in [0.25, 0.3) is 0 Å². The number of hydrogen-bond acceptors (Lipinski definition) is 6. The molecule has 0 amide bonds. The van der Waals surface area contributed by atoms with Crippen LogP contribution >= 0.6 is 0 Å². The summed E-state index contributed by atoms with van der Waals surface area (Å²) in [6.45, 7) is 4.11. The van der Waals surface area contributed by atoms with E-state index in [1.807, 2.05) is 6.07 Å². The van der Waals surface area contributed by atoms with Crippen molar-refractivity contribution in [1.82, 2.24) is 10.5 Å². The predicted octanol–water partition coefficient (Wildman–Crippen LogP) is 0.427. The Morgan fingerprint density at radius 3 is 2.88 bits per heavy atom.